The van der Waals surface area contributed by atoms with Crippen molar-refractivity contribution in [3.63, 3.8) is 0 Å². The highest BCUT2D eigenvalue weighted by molar-refractivity contribution is 8.13. The highest BCUT2D eigenvalue weighted by Gasteiger charge is 2.16. The normalized spacial score (nSPS) is 11.8. The van der Waals surface area contributed by atoms with Crippen LogP contribution in [0.3, 0.4) is 0 Å². The van der Waals surface area contributed by atoms with Crippen molar-refractivity contribution in [2.75, 3.05) is 0 Å². The SMILES string of the molecule is O=S(=O)(Cl)c1c[nH]c(-c2cc(Cl)c(F)cc2F)c1. The van der Waals surface area contributed by atoms with Crippen LogP contribution in [-0.4, -0.2) is 13.4 Å². The van der Waals surface area contributed by atoms with Crippen molar-refractivity contribution >= 4 is 31.3 Å². The highest BCUT2D eigenvalue weighted by Crippen LogP contribution is 2.29. The van der Waals surface area contributed by atoms with Gasteiger partial charge in [-0.15, -0.1) is 0 Å². The quantitative estimate of drug-likeness (QED) is 0.681. The molecule has 1 aromatic heterocycles. The third-order valence-electron chi connectivity index (χ3n) is 2.24. The van der Waals surface area contributed by atoms with Crippen molar-refractivity contribution in [1.82, 2.24) is 4.98 Å². The van der Waals surface area contributed by atoms with Crippen LogP contribution < -0.4 is 0 Å². The lowest BCUT2D eigenvalue weighted by molar-refractivity contribution is 0.585. The zero-order chi connectivity index (χ0) is 13.5. The summed E-state index contributed by atoms with van der Waals surface area (Å²) >= 11 is 5.53. The third kappa shape index (κ3) is 2.50. The van der Waals surface area contributed by atoms with Crippen LogP contribution in [-0.2, 0) is 9.05 Å². The van der Waals surface area contributed by atoms with Gasteiger partial charge < -0.3 is 4.98 Å². The van der Waals surface area contributed by atoms with Crippen LogP contribution in [0, 0.1) is 11.6 Å². The molecule has 96 valence electrons. The van der Waals surface area contributed by atoms with Crippen LogP contribution in [0.2, 0.25) is 5.02 Å². The van der Waals surface area contributed by atoms with Crippen molar-refractivity contribution in [1.29, 1.82) is 0 Å². The van der Waals surface area contributed by atoms with E-state index < -0.39 is 20.7 Å². The molecule has 0 atom stereocenters. The average molecular weight is 312 g/mol. The molecule has 8 heteroatoms. The van der Waals surface area contributed by atoms with Crippen LogP contribution in [0.1, 0.15) is 0 Å². The van der Waals surface area contributed by atoms with E-state index in [2.05, 4.69) is 4.98 Å². The molecule has 0 aliphatic carbocycles. The van der Waals surface area contributed by atoms with Gasteiger partial charge in [0.1, 0.15) is 16.5 Å². The number of hydrogen-bond donors (Lipinski definition) is 1. The molecule has 0 spiro atoms. The number of aromatic nitrogens is 1. The van der Waals surface area contributed by atoms with E-state index in [1.165, 1.54) is 0 Å². The molecule has 2 aromatic rings. The van der Waals surface area contributed by atoms with Crippen molar-refractivity contribution in [2.45, 2.75) is 4.90 Å². The first-order valence-corrected chi connectivity index (χ1v) is 7.26. The lowest BCUT2D eigenvalue weighted by atomic mass is 10.1. The molecule has 0 bridgehead atoms. The first kappa shape index (κ1) is 13.3. The molecule has 0 aliphatic rings. The Balaban J connectivity index is 2.56. The molecule has 1 N–H and O–H groups in total. The molecule has 1 aromatic carbocycles. The van der Waals surface area contributed by atoms with Gasteiger partial charge in [-0.05, 0) is 12.1 Å². The Morgan fingerprint density at radius 1 is 1.11 bits per heavy atom. The van der Waals surface area contributed by atoms with Gasteiger partial charge in [-0.25, -0.2) is 17.2 Å². The minimum Gasteiger partial charge on any atom is -0.360 e. The summed E-state index contributed by atoms with van der Waals surface area (Å²) in [6, 6.07) is 2.81. The number of hydrogen-bond acceptors (Lipinski definition) is 2. The number of nitrogens with one attached hydrogen (secondary N) is 1. The maximum atomic E-state index is 13.5. The van der Waals surface area contributed by atoms with Gasteiger partial charge in [0, 0.05) is 34.2 Å². The number of H-pyrrole nitrogens is 1. The van der Waals surface area contributed by atoms with Crippen LogP contribution in [0.15, 0.2) is 29.3 Å². The molecule has 0 saturated carbocycles. The zero-order valence-corrected chi connectivity index (χ0v) is 10.9. The van der Waals surface area contributed by atoms with E-state index >= 15 is 0 Å². The fourth-order valence-electron chi connectivity index (χ4n) is 1.40. The minimum absolute atomic E-state index is 0.0482. The van der Waals surface area contributed by atoms with Crippen LogP contribution in [0.5, 0.6) is 0 Å². The number of halogens is 4. The standard InChI is InChI=1S/C10H5Cl2F2NO2S/c11-7-2-6(8(13)3-9(7)14)10-1-5(4-15-10)18(12,16)17/h1-4,15H. The summed E-state index contributed by atoms with van der Waals surface area (Å²) in [5.74, 6) is -1.76. The summed E-state index contributed by atoms with van der Waals surface area (Å²) in [6.45, 7) is 0. The fraction of sp³-hybridized carbons (Fsp3) is 0. The molecule has 3 nitrogen and oxygen atoms in total. The summed E-state index contributed by atoms with van der Waals surface area (Å²) in [6.07, 6.45) is 1.11. The van der Waals surface area contributed by atoms with Crippen LogP contribution >= 0.6 is 22.3 Å². The van der Waals surface area contributed by atoms with E-state index in [0.717, 1.165) is 18.3 Å². The summed E-state index contributed by atoms with van der Waals surface area (Å²) in [7, 11) is 1.22. The van der Waals surface area contributed by atoms with Gasteiger partial charge in [0.25, 0.3) is 9.05 Å². The Labute approximate surface area is 111 Å². The lowest BCUT2D eigenvalue weighted by Gasteiger charge is -2.02. The molecular formula is C10H5Cl2F2NO2S. The highest BCUT2D eigenvalue weighted by atomic mass is 35.7. The van der Waals surface area contributed by atoms with Gasteiger partial charge >= 0.3 is 0 Å². The molecule has 0 aliphatic heterocycles. The maximum Gasteiger partial charge on any atom is 0.262 e. The van der Waals surface area contributed by atoms with Crippen molar-refractivity contribution < 1.29 is 17.2 Å². The average Bonchev–Trinajstić information content (AvgIpc) is 2.72. The van der Waals surface area contributed by atoms with Crippen molar-refractivity contribution in [2.24, 2.45) is 0 Å². The van der Waals surface area contributed by atoms with Crippen molar-refractivity contribution in [3.8, 4) is 11.3 Å². The van der Waals surface area contributed by atoms with Gasteiger partial charge in [0.15, 0.2) is 0 Å². The summed E-state index contributed by atoms with van der Waals surface area (Å²) < 4.78 is 48.6. The topological polar surface area (TPSA) is 49.9 Å². The summed E-state index contributed by atoms with van der Waals surface area (Å²) in [5, 5.41) is -0.267. The second kappa shape index (κ2) is 4.53. The molecule has 1 heterocycles. The second-order valence-corrected chi connectivity index (χ2v) is 6.41. The molecule has 0 saturated heterocycles. The monoisotopic (exact) mass is 311 g/mol. The second-order valence-electron chi connectivity index (χ2n) is 3.43. The van der Waals surface area contributed by atoms with Crippen molar-refractivity contribution in [3.05, 3.63) is 41.1 Å². The molecule has 0 radical (unpaired) electrons. The molecule has 0 unspecified atom stereocenters. The van der Waals surface area contributed by atoms with E-state index in [-0.39, 0.29) is 21.2 Å². The lowest BCUT2D eigenvalue weighted by Crippen LogP contribution is -1.88. The predicted octanol–water partition coefficient (Wildman–Crippen LogP) is 3.54. The maximum absolute atomic E-state index is 13.5. The van der Waals surface area contributed by atoms with Gasteiger partial charge in [0.2, 0.25) is 0 Å². The fourth-order valence-corrected chi connectivity index (χ4v) is 2.29. The summed E-state index contributed by atoms with van der Waals surface area (Å²) in [4.78, 5) is 2.32. The third-order valence-corrected chi connectivity index (χ3v) is 3.86. The summed E-state index contributed by atoms with van der Waals surface area (Å²) in [5.41, 5.74) is 0.0848. The van der Waals surface area contributed by atoms with Gasteiger partial charge in [-0.2, -0.15) is 0 Å². The van der Waals surface area contributed by atoms with E-state index in [1.807, 2.05) is 0 Å². The minimum atomic E-state index is -3.91. The van der Waals surface area contributed by atoms with Gasteiger partial charge in [-0.3, -0.25) is 0 Å². The van der Waals surface area contributed by atoms with E-state index in [1.54, 1.807) is 0 Å². The molecule has 0 amide bonds. The molecule has 18 heavy (non-hydrogen) atoms. The van der Waals surface area contributed by atoms with E-state index in [4.69, 9.17) is 22.3 Å². The molecule has 2 rings (SSSR count). The largest absolute Gasteiger partial charge is 0.360 e. The Hall–Kier alpha value is -1.11. The van der Waals surface area contributed by atoms with Crippen LogP contribution in [0.4, 0.5) is 8.78 Å². The zero-order valence-electron chi connectivity index (χ0n) is 8.55. The smallest absolute Gasteiger partial charge is 0.262 e. The van der Waals surface area contributed by atoms with E-state index in [9.17, 15) is 17.2 Å². The van der Waals surface area contributed by atoms with Gasteiger partial charge in [0.05, 0.1) is 5.02 Å². The van der Waals surface area contributed by atoms with E-state index in [0.29, 0.717) is 6.07 Å². The predicted molar refractivity (Wildman–Crippen MR) is 64.2 cm³/mol. The molecule has 0 fully saturated rings. The Morgan fingerprint density at radius 2 is 1.78 bits per heavy atom. The number of benzene rings is 1. The Bertz CT molecular complexity index is 713. The number of aromatic amines is 1. The first-order chi connectivity index (χ1) is 8.29. The Kier molecular flexibility index (Phi) is 3.35. The Morgan fingerprint density at radius 3 is 2.33 bits per heavy atom. The molecular weight excluding hydrogens is 307 g/mol. The number of rotatable bonds is 2. The van der Waals surface area contributed by atoms with Crippen LogP contribution in [0.25, 0.3) is 11.3 Å². The first-order valence-electron chi connectivity index (χ1n) is 4.57. The van der Waals surface area contributed by atoms with Gasteiger partial charge in [-0.1, -0.05) is 11.6 Å².